The van der Waals surface area contributed by atoms with Gasteiger partial charge in [0, 0.05) is 24.3 Å². The lowest BCUT2D eigenvalue weighted by molar-refractivity contribution is 0.430. The van der Waals surface area contributed by atoms with Crippen LogP contribution in [0, 0.1) is 0 Å². The zero-order valence-corrected chi connectivity index (χ0v) is 11.2. The van der Waals surface area contributed by atoms with Crippen LogP contribution in [0.4, 0.5) is 5.69 Å². The van der Waals surface area contributed by atoms with Crippen LogP contribution < -0.4 is 15.8 Å². The van der Waals surface area contributed by atoms with Crippen LogP contribution in [0.1, 0.15) is 19.8 Å². The highest BCUT2D eigenvalue weighted by Crippen LogP contribution is 2.25. The maximum Gasteiger partial charge on any atom is 0.238 e. The maximum atomic E-state index is 11.2. The van der Waals surface area contributed by atoms with Gasteiger partial charge in [-0.25, -0.2) is 13.6 Å². The minimum Gasteiger partial charge on any atom is -0.369 e. The van der Waals surface area contributed by atoms with Crippen LogP contribution in [0.5, 0.6) is 0 Å². The zero-order valence-electron chi connectivity index (χ0n) is 10.4. The van der Waals surface area contributed by atoms with E-state index in [1.165, 1.54) is 0 Å². The first-order valence-electron chi connectivity index (χ1n) is 6.03. The second-order valence-electron chi connectivity index (χ2n) is 4.87. The van der Waals surface area contributed by atoms with Crippen LogP contribution in [-0.4, -0.2) is 27.0 Å². The van der Waals surface area contributed by atoms with E-state index in [9.17, 15) is 8.42 Å². The van der Waals surface area contributed by atoms with Crippen molar-refractivity contribution in [2.45, 2.75) is 36.7 Å². The third-order valence-corrected chi connectivity index (χ3v) is 4.34. The molecular weight excluding hydrogens is 250 g/mol. The van der Waals surface area contributed by atoms with Gasteiger partial charge in [0.2, 0.25) is 10.0 Å². The highest BCUT2D eigenvalue weighted by Gasteiger charge is 2.23. The number of sulfonamides is 1. The number of nitrogens with zero attached hydrogens (tertiary/aromatic N) is 1. The molecule has 2 atom stereocenters. The summed E-state index contributed by atoms with van der Waals surface area (Å²) in [5.41, 5.74) is 6.94. The lowest BCUT2D eigenvalue weighted by Gasteiger charge is -2.38. The zero-order chi connectivity index (χ0) is 13.3. The van der Waals surface area contributed by atoms with Crippen molar-refractivity contribution in [1.29, 1.82) is 0 Å². The van der Waals surface area contributed by atoms with Crippen molar-refractivity contribution in [2.75, 3.05) is 11.4 Å². The van der Waals surface area contributed by atoms with E-state index in [0.29, 0.717) is 6.04 Å². The Balaban J connectivity index is 2.20. The minimum absolute atomic E-state index is 0.146. The number of anilines is 1. The monoisotopic (exact) mass is 269 g/mol. The molecule has 0 amide bonds. The molecule has 18 heavy (non-hydrogen) atoms. The average molecular weight is 269 g/mol. The summed E-state index contributed by atoms with van der Waals surface area (Å²) in [5, 5.41) is 5.07. The van der Waals surface area contributed by atoms with Gasteiger partial charge in [-0.2, -0.15) is 0 Å². The summed E-state index contributed by atoms with van der Waals surface area (Å²) in [4.78, 5) is 2.39. The quantitative estimate of drug-likeness (QED) is 0.825. The van der Waals surface area contributed by atoms with Gasteiger partial charge in [-0.05, 0) is 44.0 Å². The standard InChI is InChI=1S/C12H19N3O2S/c1-9-8-10(13)6-7-15(9)11-2-4-12(5-3-11)18(14,16)17/h2-5,9-10H,6-8,13H2,1H3,(H2,14,16,17). The molecule has 0 aliphatic carbocycles. The molecule has 5 nitrogen and oxygen atoms in total. The fourth-order valence-electron chi connectivity index (χ4n) is 2.42. The number of piperidine rings is 1. The topological polar surface area (TPSA) is 89.4 Å². The molecule has 100 valence electrons. The molecule has 6 heteroatoms. The second-order valence-corrected chi connectivity index (χ2v) is 6.43. The van der Waals surface area contributed by atoms with Crippen LogP contribution in [0.2, 0.25) is 0 Å². The summed E-state index contributed by atoms with van der Waals surface area (Å²) < 4.78 is 22.4. The summed E-state index contributed by atoms with van der Waals surface area (Å²) in [6.07, 6.45) is 1.91. The van der Waals surface area contributed by atoms with Crippen LogP contribution in [-0.2, 0) is 10.0 Å². The molecule has 1 aliphatic heterocycles. The molecule has 1 heterocycles. The Morgan fingerprint density at radius 1 is 1.28 bits per heavy atom. The first kappa shape index (κ1) is 13.3. The van der Waals surface area contributed by atoms with Crippen molar-refractivity contribution in [2.24, 2.45) is 10.9 Å². The van der Waals surface area contributed by atoms with Crippen LogP contribution in [0.3, 0.4) is 0 Å². The predicted molar refractivity (Wildman–Crippen MR) is 71.8 cm³/mol. The van der Waals surface area contributed by atoms with Crippen molar-refractivity contribution in [3.8, 4) is 0 Å². The SMILES string of the molecule is CC1CC(N)CCN1c1ccc(S(N)(=O)=O)cc1. The van der Waals surface area contributed by atoms with Gasteiger partial charge in [0.25, 0.3) is 0 Å². The number of nitrogens with two attached hydrogens (primary N) is 2. The molecule has 1 saturated heterocycles. The Hall–Kier alpha value is -1.11. The Morgan fingerprint density at radius 3 is 2.39 bits per heavy atom. The molecule has 2 rings (SSSR count). The van der Waals surface area contributed by atoms with E-state index in [0.717, 1.165) is 25.1 Å². The van der Waals surface area contributed by atoms with Gasteiger partial charge in [-0.1, -0.05) is 0 Å². The van der Waals surface area contributed by atoms with Crippen LogP contribution >= 0.6 is 0 Å². The smallest absolute Gasteiger partial charge is 0.238 e. The van der Waals surface area contributed by atoms with E-state index < -0.39 is 10.0 Å². The summed E-state index contributed by atoms with van der Waals surface area (Å²) >= 11 is 0. The average Bonchev–Trinajstić information content (AvgIpc) is 2.28. The molecule has 1 aromatic carbocycles. The van der Waals surface area contributed by atoms with Crippen molar-refractivity contribution in [1.82, 2.24) is 0 Å². The van der Waals surface area contributed by atoms with E-state index in [4.69, 9.17) is 10.9 Å². The summed E-state index contributed by atoms with van der Waals surface area (Å²) in [7, 11) is -3.61. The van der Waals surface area contributed by atoms with Gasteiger partial charge in [0.15, 0.2) is 0 Å². The molecule has 0 aromatic heterocycles. The van der Waals surface area contributed by atoms with Gasteiger partial charge < -0.3 is 10.6 Å². The Bertz CT molecular complexity index is 513. The molecule has 0 radical (unpaired) electrons. The van der Waals surface area contributed by atoms with Gasteiger partial charge in [-0.3, -0.25) is 0 Å². The molecule has 1 aromatic rings. The van der Waals surface area contributed by atoms with Gasteiger partial charge >= 0.3 is 0 Å². The minimum atomic E-state index is -3.61. The largest absolute Gasteiger partial charge is 0.369 e. The first-order chi connectivity index (χ1) is 8.38. The van der Waals surface area contributed by atoms with Crippen molar-refractivity contribution >= 4 is 15.7 Å². The fraction of sp³-hybridized carbons (Fsp3) is 0.500. The van der Waals surface area contributed by atoms with Crippen LogP contribution in [0.15, 0.2) is 29.2 Å². The molecule has 1 aliphatic rings. The van der Waals surface area contributed by atoms with E-state index in [2.05, 4.69) is 11.8 Å². The summed E-state index contributed by atoms with van der Waals surface area (Å²) in [5.74, 6) is 0. The first-order valence-corrected chi connectivity index (χ1v) is 7.57. The van der Waals surface area contributed by atoms with Gasteiger partial charge in [-0.15, -0.1) is 0 Å². The van der Waals surface area contributed by atoms with E-state index in [1.54, 1.807) is 24.3 Å². The molecular formula is C12H19N3O2S. The highest BCUT2D eigenvalue weighted by molar-refractivity contribution is 7.89. The Kier molecular flexibility index (Phi) is 3.61. The second kappa shape index (κ2) is 4.87. The lowest BCUT2D eigenvalue weighted by atomic mass is 9.98. The number of primary sulfonamides is 1. The van der Waals surface area contributed by atoms with E-state index in [1.807, 2.05) is 0 Å². The Morgan fingerprint density at radius 2 is 1.89 bits per heavy atom. The van der Waals surface area contributed by atoms with Gasteiger partial charge in [0.05, 0.1) is 4.90 Å². The molecule has 0 spiro atoms. The lowest BCUT2D eigenvalue weighted by Crippen LogP contribution is -2.45. The third-order valence-electron chi connectivity index (χ3n) is 3.41. The van der Waals surface area contributed by atoms with Crippen molar-refractivity contribution in [3.05, 3.63) is 24.3 Å². The van der Waals surface area contributed by atoms with Crippen molar-refractivity contribution in [3.63, 3.8) is 0 Å². The number of hydrogen-bond donors (Lipinski definition) is 2. The Labute approximate surface area is 108 Å². The summed E-state index contributed by atoms with van der Waals surface area (Å²) in [6, 6.07) is 7.33. The maximum absolute atomic E-state index is 11.2. The summed E-state index contributed by atoms with van der Waals surface area (Å²) in [6.45, 7) is 3.03. The number of benzene rings is 1. The number of hydrogen-bond acceptors (Lipinski definition) is 4. The fourth-order valence-corrected chi connectivity index (χ4v) is 2.93. The molecule has 0 bridgehead atoms. The van der Waals surface area contributed by atoms with E-state index in [-0.39, 0.29) is 10.9 Å². The molecule has 1 fully saturated rings. The molecule has 4 N–H and O–H groups in total. The predicted octanol–water partition coefficient (Wildman–Crippen LogP) is 0.650. The van der Waals surface area contributed by atoms with Gasteiger partial charge in [0.1, 0.15) is 0 Å². The normalized spacial score (nSPS) is 25.2. The highest BCUT2D eigenvalue weighted by atomic mass is 32.2. The van der Waals surface area contributed by atoms with E-state index >= 15 is 0 Å². The molecule has 2 unspecified atom stereocenters. The van der Waals surface area contributed by atoms with Crippen LogP contribution in [0.25, 0.3) is 0 Å². The van der Waals surface area contributed by atoms with Crippen molar-refractivity contribution < 1.29 is 8.42 Å². The molecule has 0 saturated carbocycles. The third kappa shape index (κ3) is 2.82. The number of rotatable bonds is 2.